The van der Waals surface area contributed by atoms with Gasteiger partial charge in [0.15, 0.2) is 0 Å². The van der Waals surface area contributed by atoms with Crippen LogP contribution >= 0.6 is 0 Å². The SMILES string of the molecule is CC1(C)c2cc(N(c3ccc(-c4ccc(-c5ccc(-c6ccccc6)cc5)cc4)cc3)c3cccc(-n4c5ccccc5c5ccccc54)c3)ccc2-c2c1cc(N(c1ccc(-c3ccc(-c4ccc(-c5ccccc5)cc4)cc3)cc1)c1cccc(-n3c4ccccc4c4ccccc43)c1)c1ccccc21. The summed E-state index contributed by atoms with van der Waals surface area (Å²) in [5.74, 6) is 0. The molecule has 0 N–H and O–H groups in total. The third-order valence-electron chi connectivity index (χ3n) is 22.3. The van der Waals surface area contributed by atoms with E-state index < -0.39 is 5.41 Å². The van der Waals surface area contributed by atoms with Crippen LogP contribution in [0.3, 0.4) is 0 Å². The minimum Gasteiger partial charge on any atom is -0.310 e. The van der Waals surface area contributed by atoms with Crippen LogP contribution in [0.1, 0.15) is 25.0 Å². The van der Waals surface area contributed by atoms with Gasteiger partial charge in [0.05, 0.1) is 27.8 Å². The second-order valence-electron chi connectivity index (χ2n) is 28.8. The van der Waals surface area contributed by atoms with Crippen molar-refractivity contribution in [1.29, 1.82) is 0 Å². The largest absolute Gasteiger partial charge is 0.310 e. The Morgan fingerprint density at radius 1 is 0.206 bits per heavy atom. The molecular weight excluding hydrogens is 1290 g/mol. The number of aromatic nitrogens is 2. The highest BCUT2D eigenvalue weighted by atomic mass is 15.2. The maximum atomic E-state index is 2.52. The quantitative estimate of drug-likeness (QED) is 0.108. The van der Waals surface area contributed by atoms with Gasteiger partial charge >= 0.3 is 0 Å². The van der Waals surface area contributed by atoms with E-state index in [-0.39, 0.29) is 0 Å². The van der Waals surface area contributed by atoms with Gasteiger partial charge in [-0.2, -0.15) is 0 Å². The molecule has 19 aromatic rings. The average Bonchev–Trinajstić information content (AvgIpc) is 1.90. The molecule has 0 unspecified atom stereocenters. The first-order valence-corrected chi connectivity index (χ1v) is 37.0. The van der Waals surface area contributed by atoms with Gasteiger partial charge in [-0.3, -0.25) is 0 Å². The maximum Gasteiger partial charge on any atom is 0.0543 e. The number of nitrogens with zero attached hydrogens (tertiary/aromatic N) is 4. The van der Waals surface area contributed by atoms with Crippen LogP contribution in [0.5, 0.6) is 0 Å². The topological polar surface area (TPSA) is 16.3 Å². The molecule has 0 atom stereocenters. The van der Waals surface area contributed by atoms with Crippen LogP contribution in [-0.2, 0) is 5.41 Å². The van der Waals surface area contributed by atoms with E-state index in [0.29, 0.717) is 0 Å². The van der Waals surface area contributed by atoms with Crippen molar-refractivity contribution in [2.24, 2.45) is 0 Å². The predicted octanol–water partition coefficient (Wildman–Crippen LogP) is 28.3. The molecule has 504 valence electrons. The molecule has 0 amide bonds. The highest BCUT2D eigenvalue weighted by Gasteiger charge is 2.39. The summed E-state index contributed by atoms with van der Waals surface area (Å²) >= 11 is 0. The van der Waals surface area contributed by atoms with Crippen molar-refractivity contribution in [2.45, 2.75) is 19.3 Å². The third-order valence-corrected chi connectivity index (χ3v) is 22.3. The standard InChI is InChI=1S/C103H72N4/c1-103(2)95-67-87(104(83-25-19-27-85(65-83)106-97-35-15-11-29-88(97)89-30-12-16-36-98(89)106)81-59-55-79(56-60-81)77-51-47-75(48-52-77)73-43-39-71(40-44-73)69-21-5-3-6-22-69)63-64-94(95)102-93-34-10-9-33-92(93)101(68-96(102)103)105(84-26-20-28-86(66-84)107-99-37-17-13-31-90(99)91-32-14-18-38-100(91)107)82-61-57-80(58-62-82)78-53-49-76(50-54-78)74-45-41-72(42-46-74)70-23-7-4-8-24-70/h3-68H,1-2H3. The number of benzene rings is 17. The number of hydrogen-bond acceptors (Lipinski definition) is 2. The fourth-order valence-electron chi connectivity index (χ4n) is 17.0. The van der Waals surface area contributed by atoms with Crippen molar-refractivity contribution < 1.29 is 0 Å². The van der Waals surface area contributed by atoms with Crippen LogP contribution in [0.15, 0.2) is 400 Å². The molecule has 2 heterocycles. The van der Waals surface area contributed by atoms with E-state index in [1.807, 2.05) is 0 Å². The second-order valence-corrected chi connectivity index (χ2v) is 28.8. The minimum atomic E-state index is -0.438. The van der Waals surface area contributed by atoms with Crippen molar-refractivity contribution >= 4 is 88.5 Å². The Bertz CT molecular complexity index is 6480. The first-order chi connectivity index (χ1) is 52.8. The number of hydrogen-bond donors (Lipinski definition) is 0. The zero-order valence-electron chi connectivity index (χ0n) is 59.4. The molecule has 0 saturated carbocycles. The minimum absolute atomic E-state index is 0.438. The smallest absolute Gasteiger partial charge is 0.0543 e. The molecule has 0 spiro atoms. The molecule has 0 fully saturated rings. The Morgan fingerprint density at radius 2 is 0.495 bits per heavy atom. The summed E-state index contributed by atoms with van der Waals surface area (Å²) in [6, 6.07) is 148. The monoisotopic (exact) mass is 1360 g/mol. The molecule has 2 aromatic heterocycles. The lowest BCUT2D eigenvalue weighted by molar-refractivity contribution is 0.661. The Labute approximate surface area is 623 Å². The number of rotatable bonds is 14. The number of anilines is 6. The van der Waals surface area contributed by atoms with E-state index in [9.17, 15) is 0 Å². The van der Waals surface area contributed by atoms with Gasteiger partial charge in [0.1, 0.15) is 0 Å². The van der Waals surface area contributed by atoms with Crippen molar-refractivity contribution in [3.63, 3.8) is 0 Å². The summed E-state index contributed by atoms with van der Waals surface area (Å²) in [5.41, 5.74) is 32.3. The molecule has 20 rings (SSSR count). The van der Waals surface area contributed by atoms with Crippen LogP contribution in [-0.4, -0.2) is 9.13 Å². The van der Waals surface area contributed by atoms with Gasteiger partial charge in [-0.1, -0.05) is 311 Å². The molecule has 0 radical (unpaired) electrons. The van der Waals surface area contributed by atoms with Crippen molar-refractivity contribution in [3.8, 4) is 89.3 Å². The van der Waals surface area contributed by atoms with Crippen LogP contribution in [0.2, 0.25) is 0 Å². The fraction of sp³-hybridized carbons (Fsp3) is 0.0291. The summed E-state index contributed by atoms with van der Waals surface area (Å²) in [7, 11) is 0. The van der Waals surface area contributed by atoms with E-state index in [0.717, 1.165) is 62.2 Å². The lowest BCUT2D eigenvalue weighted by Crippen LogP contribution is -2.18. The Hall–Kier alpha value is -13.8. The zero-order valence-corrected chi connectivity index (χ0v) is 59.4. The normalized spacial score (nSPS) is 12.3. The molecule has 0 bridgehead atoms. The van der Waals surface area contributed by atoms with Gasteiger partial charge in [-0.05, 0) is 198 Å². The maximum absolute atomic E-state index is 2.52. The fourth-order valence-corrected chi connectivity index (χ4v) is 17.0. The molecule has 107 heavy (non-hydrogen) atoms. The zero-order chi connectivity index (χ0) is 71.1. The van der Waals surface area contributed by atoms with E-state index >= 15 is 0 Å². The first kappa shape index (κ1) is 62.9. The van der Waals surface area contributed by atoms with Gasteiger partial charge in [0, 0.05) is 72.2 Å². The van der Waals surface area contributed by atoms with E-state index in [1.165, 1.54) is 127 Å². The van der Waals surface area contributed by atoms with Crippen molar-refractivity contribution in [2.75, 3.05) is 9.80 Å². The lowest BCUT2D eigenvalue weighted by atomic mass is 9.81. The molecule has 17 aromatic carbocycles. The van der Waals surface area contributed by atoms with Crippen LogP contribution < -0.4 is 9.80 Å². The Kier molecular flexibility index (Phi) is 15.2. The van der Waals surface area contributed by atoms with Gasteiger partial charge in [0.2, 0.25) is 0 Å². The van der Waals surface area contributed by atoms with Crippen LogP contribution in [0, 0.1) is 0 Å². The molecule has 4 heteroatoms. The Balaban J connectivity index is 0.696. The predicted molar refractivity (Wildman–Crippen MR) is 452 cm³/mol. The van der Waals surface area contributed by atoms with Gasteiger partial charge in [0.25, 0.3) is 0 Å². The van der Waals surface area contributed by atoms with Crippen molar-refractivity contribution in [1.82, 2.24) is 9.13 Å². The van der Waals surface area contributed by atoms with E-state index in [4.69, 9.17) is 0 Å². The molecule has 0 saturated heterocycles. The van der Waals surface area contributed by atoms with E-state index in [1.54, 1.807) is 0 Å². The highest BCUT2D eigenvalue weighted by molar-refractivity contribution is 6.13. The van der Waals surface area contributed by atoms with Gasteiger partial charge < -0.3 is 18.9 Å². The van der Waals surface area contributed by atoms with Crippen molar-refractivity contribution in [3.05, 3.63) is 412 Å². The highest BCUT2D eigenvalue weighted by Crippen LogP contribution is 2.56. The molecule has 4 nitrogen and oxygen atoms in total. The number of para-hydroxylation sites is 4. The molecule has 0 aliphatic heterocycles. The van der Waals surface area contributed by atoms with Gasteiger partial charge in [-0.25, -0.2) is 0 Å². The van der Waals surface area contributed by atoms with E-state index in [2.05, 4.69) is 433 Å². The lowest BCUT2D eigenvalue weighted by Gasteiger charge is -2.30. The first-order valence-electron chi connectivity index (χ1n) is 37.0. The summed E-state index contributed by atoms with van der Waals surface area (Å²) in [4.78, 5) is 4.96. The third kappa shape index (κ3) is 10.9. The summed E-state index contributed by atoms with van der Waals surface area (Å²) in [6.07, 6.45) is 0. The second kappa shape index (κ2) is 25.9. The van der Waals surface area contributed by atoms with Gasteiger partial charge in [-0.15, -0.1) is 0 Å². The summed E-state index contributed by atoms with van der Waals surface area (Å²) in [6.45, 7) is 4.86. The molecule has 1 aliphatic carbocycles. The van der Waals surface area contributed by atoms with Crippen LogP contribution in [0.25, 0.3) is 144 Å². The summed E-state index contributed by atoms with van der Waals surface area (Å²) < 4.78 is 4.85. The molecular formula is C103H72N4. The summed E-state index contributed by atoms with van der Waals surface area (Å²) in [5, 5.41) is 7.33. The average molecular weight is 1370 g/mol. The van der Waals surface area contributed by atoms with Crippen LogP contribution in [0.4, 0.5) is 34.1 Å². The number of fused-ring (bicyclic) bond motifs is 11. The Morgan fingerprint density at radius 3 is 0.879 bits per heavy atom. The molecule has 1 aliphatic rings.